The zero-order valence-corrected chi connectivity index (χ0v) is 11.3. The fourth-order valence-electron chi connectivity index (χ4n) is 1.54. The molecule has 18 heavy (non-hydrogen) atoms. The van der Waals surface area contributed by atoms with Crippen LogP contribution in [-0.4, -0.2) is 32.0 Å². The van der Waals surface area contributed by atoms with E-state index in [-0.39, 0.29) is 5.78 Å². The maximum absolute atomic E-state index is 12.3. The molecule has 1 aromatic heterocycles. The molecule has 0 aliphatic rings. The second kappa shape index (κ2) is 5.18. The van der Waals surface area contributed by atoms with Gasteiger partial charge in [0.1, 0.15) is 11.4 Å². The molecule has 4 nitrogen and oxygen atoms in total. The average molecular weight is 262 g/mol. The number of hydrogen-bond donors (Lipinski definition) is 0. The highest BCUT2D eigenvalue weighted by Gasteiger charge is 2.17. The lowest BCUT2D eigenvalue weighted by Crippen LogP contribution is -2.09. The predicted molar refractivity (Wildman–Crippen MR) is 72.9 cm³/mol. The van der Waals surface area contributed by atoms with Gasteiger partial charge in [0.15, 0.2) is 5.13 Å². The molecule has 0 bridgehead atoms. The number of benzene rings is 1. The topological polar surface area (TPSA) is 42.4 Å². The zero-order valence-electron chi connectivity index (χ0n) is 10.5. The smallest absolute Gasteiger partial charge is 0.216 e. The van der Waals surface area contributed by atoms with Gasteiger partial charge in [0.05, 0.1) is 12.7 Å². The molecule has 5 heteroatoms. The van der Waals surface area contributed by atoms with Crippen LogP contribution < -0.4 is 9.64 Å². The Balaban J connectivity index is 2.35. The molecular formula is C13H14N2O2S. The Morgan fingerprint density at radius 1 is 1.33 bits per heavy atom. The van der Waals surface area contributed by atoms with Crippen molar-refractivity contribution < 1.29 is 9.53 Å². The van der Waals surface area contributed by atoms with Gasteiger partial charge in [-0.15, -0.1) is 11.3 Å². The third-order valence-electron chi connectivity index (χ3n) is 2.46. The molecule has 2 rings (SSSR count). The largest absolute Gasteiger partial charge is 0.496 e. The third kappa shape index (κ3) is 2.36. The zero-order chi connectivity index (χ0) is 13.1. The minimum absolute atomic E-state index is 0.114. The van der Waals surface area contributed by atoms with Crippen LogP contribution in [0, 0.1) is 0 Å². The first-order valence-electron chi connectivity index (χ1n) is 5.44. The molecule has 0 saturated carbocycles. The SMILES string of the molecule is COc1ccccc1C(=O)c1csc(N(C)C)n1. The summed E-state index contributed by atoms with van der Waals surface area (Å²) in [6.45, 7) is 0. The van der Waals surface area contributed by atoms with E-state index < -0.39 is 0 Å². The van der Waals surface area contributed by atoms with Crippen molar-refractivity contribution >= 4 is 22.3 Å². The number of methoxy groups -OCH3 is 1. The van der Waals surface area contributed by atoms with Crippen LogP contribution in [0.5, 0.6) is 5.75 Å². The summed E-state index contributed by atoms with van der Waals surface area (Å²) in [4.78, 5) is 18.5. The Labute approximate surface area is 110 Å². The molecule has 0 aliphatic carbocycles. The first-order valence-corrected chi connectivity index (χ1v) is 6.32. The van der Waals surface area contributed by atoms with Crippen LogP contribution >= 0.6 is 11.3 Å². The van der Waals surface area contributed by atoms with Gasteiger partial charge in [-0.05, 0) is 12.1 Å². The van der Waals surface area contributed by atoms with Crippen molar-refractivity contribution in [1.82, 2.24) is 4.98 Å². The predicted octanol–water partition coefficient (Wildman–Crippen LogP) is 2.45. The number of para-hydroxylation sites is 1. The number of ketones is 1. The average Bonchev–Trinajstić information content (AvgIpc) is 2.87. The van der Waals surface area contributed by atoms with Crippen molar-refractivity contribution in [2.24, 2.45) is 0 Å². The molecule has 0 atom stereocenters. The molecule has 0 N–H and O–H groups in total. The molecule has 0 spiro atoms. The highest BCUT2D eigenvalue weighted by Crippen LogP contribution is 2.24. The normalized spacial score (nSPS) is 10.2. The summed E-state index contributed by atoms with van der Waals surface area (Å²) in [5.74, 6) is 0.457. The number of nitrogens with zero attached hydrogens (tertiary/aromatic N) is 2. The first-order chi connectivity index (χ1) is 8.63. The minimum atomic E-state index is -0.114. The second-order valence-corrected chi connectivity index (χ2v) is 4.78. The molecule has 0 unspecified atom stereocenters. The van der Waals surface area contributed by atoms with Crippen molar-refractivity contribution in [1.29, 1.82) is 0 Å². The lowest BCUT2D eigenvalue weighted by Gasteiger charge is -2.06. The summed E-state index contributed by atoms with van der Waals surface area (Å²) in [6, 6.07) is 7.17. The molecule has 0 radical (unpaired) electrons. The van der Waals surface area contributed by atoms with Crippen molar-refractivity contribution in [3.05, 3.63) is 40.9 Å². The van der Waals surface area contributed by atoms with Gasteiger partial charge in [0.2, 0.25) is 5.78 Å². The Kier molecular flexibility index (Phi) is 3.62. The van der Waals surface area contributed by atoms with Crippen LogP contribution in [0.2, 0.25) is 0 Å². The molecule has 0 aliphatic heterocycles. The number of carbonyl (C=O) groups is 1. The number of rotatable bonds is 4. The van der Waals surface area contributed by atoms with Crippen LogP contribution in [-0.2, 0) is 0 Å². The van der Waals surface area contributed by atoms with E-state index in [1.807, 2.05) is 31.1 Å². The molecule has 0 saturated heterocycles. The number of hydrogen-bond acceptors (Lipinski definition) is 5. The van der Waals surface area contributed by atoms with Gasteiger partial charge in [-0.3, -0.25) is 4.79 Å². The Bertz CT molecular complexity index is 564. The van der Waals surface area contributed by atoms with Gasteiger partial charge < -0.3 is 9.64 Å². The molecule has 2 aromatic rings. The maximum atomic E-state index is 12.3. The van der Waals surface area contributed by atoms with E-state index >= 15 is 0 Å². The van der Waals surface area contributed by atoms with Crippen molar-refractivity contribution in [3.8, 4) is 5.75 Å². The molecule has 94 valence electrons. The standard InChI is InChI=1S/C13H14N2O2S/c1-15(2)13-14-10(8-18-13)12(16)9-6-4-5-7-11(9)17-3/h4-8H,1-3H3. The summed E-state index contributed by atoms with van der Waals surface area (Å²) in [5.41, 5.74) is 0.990. The van der Waals surface area contributed by atoms with Gasteiger partial charge in [-0.2, -0.15) is 0 Å². The number of carbonyl (C=O) groups excluding carboxylic acids is 1. The van der Waals surface area contributed by atoms with E-state index in [1.54, 1.807) is 24.6 Å². The number of anilines is 1. The third-order valence-corrected chi connectivity index (χ3v) is 3.47. The van der Waals surface area contributed by atoms with Crippen molar-refractivity contribution in [2.75, 3.05) is 26.1 Å². The van der Waals surface area contributed by atoms with E-state index in [1.165, 1.54) is 11.3 Å². The lowest BCUT2D eigenvalue weighted by atomic mass is 10.1. The maximum Gasteiger partial charge on any atom is 0.216 e. The summed E-state index contributed by atoms with van der Waals surface area (Å²) in [5, 5.41) is 2.58. The van der Waals surface area contributed by atoms with Crippen LogP contribution in [0.15, 0.2) is 29.6 Å². The number of ether oxygens (including phenoxy) is 1. The Morgan fingerprint density at radius 2 is 2.06 bits per heavy atom. The highest BCUT2D eigenvalue weighted by molar-refractivity contribution is 7.13. The van der Waals surface area contributed by atoms with E-state index in [2.05, 4.69) is 4.98 Å². The molecule has 0 amide bonds. The number of thiazole rings is 1. The second-order valence-electron chi connectivity index (χ2n) is 3.94. The van der Waals surface area contributed by atoms with Gasteiger partial charge in [0.25, 0.3) is 0 Å². The minimum Gasteiger partial charge on any atom is -0.496 e. The van der Waals surface area contributed by atoms with Gasteiger partial charge in [-0.25, -0.2) is 4.98 Å². The van der Waals surface area contributed by atoms with Crippen molar-refractivity contribution in [2.45, 2.75) is 0 Å². The highest BCUT2D eigenvalue weighted by atomic mass is 32.1. The van der Waals surface area contributed by atoms with Crippen LogP contribution in [0.3, 0.4) is 0 Å². The summed E-state index contributed by atoms with van der Waals surface area (Å²) in [7, 11) is 5.35. The van der Waals surface area contributed by atoms with Crippen molar-refractivity contribution in [3.63, 3.8) is 0 Å². The van der Waals surface area contributed by atoms with Gasteiger partial charge in [-0.1, -0.05) is 12.1 Å². The van der Waals surface area contributed by atoms with Crippen LogP contribution in [0.25, 0.3) is 0 Å². The molecule has 1 aromatic carbocycles. The lowest BCUT2D eigenvalue weighted by molar-refractivity contribution is 0.103. The van der Waals surface area contributed by atoms with Gasteiger partial charge in [0, 0.05) is 19.5 Å². The first kappa shape index (κ1) is 12.6. The van der Waals surface area contributed by atoms with Crippen LogP contribution in [0.4, 0.5) is 5.13 Å². The summed E-state index contributed by atoms with van der Waals surface area (Å²) >= 11 is 1.45. The van der Waals surface area contributed by atoms with E-state index in [0.717, 1.165) is 5.13 Å². The van der Waals surface area contributed by atoms with Gasteiger partial charge >= 0.3 is 0 Å². The Morgan fingerprint density at radius 3 is 2.67 bits per heavy atom. The summed E-state index contributed by atoms with van der Waals surface area (Å²) in [6.07, 6.45) is 0. The van der Waals surface area contributed by atoms with Crippen LogP contribution in [0.1, 0.15) is 16.1 Å². The number of aromatic nitrogens is 1. The summed E-state index contributed by atoms with van der Waals surface area (Å²) < 4.78 is 5.19. The van der Waals surface area contributed by atoms with E-state index in [4.69, 9.17) is 4.74 Å². The monoisotopic (exact) mass is 262 g/mol. The quantitative estimate of drug-likeness (QED) is 0.794. The molecule has 0 fully saturated rings. The van der Waals surface area contributed by atoms with E-state index in [9.17, 15) is 4.79 Å². The fourth-order valence-corrected chi connectivity index (χ4v) is 2.28. The fraction of sp³-hybridized carbons (Fsp3) is 0.231. The molecule has 1 heterocycles. The Hall–Kier alpha value is -1.88. The van der Waals surface area contributed by atoms with E-state index in [0.29, 0.717) is 17.0 Å². The molecular weight excluding hydrogens is 248 g/mol.